The van der Waals surface area contributed by atoms with E-state index < -0.39 is 5.97 Å². The molecule has 0 amide bonds. The van der Waals surface area contributed by atoms with Crippen molar-refractivity contribution in [1.29, 1.82) is 0 Å². The molecule has 1 aromatic rings. The number of hydrogen-bond acceptors (Lipinski definition) is 5. The minimum absolute atomic E-state index is 0.0281. The zero-order valence-electron chi connectivity index (χ0n) is 12.2. The first-order chi connectivity index (χ1) is 9.58. The minimum atomic E-state index is -0.823. The molecule has 0 saturated heterocycles. The van der Waals surface area contributed by atoms with Crippen molar-refractivity contribution in [2.75, 3.05) is 17.2 Å². The molecule has 0 aromatic carbocycles. The number of nitrogens with zero attached hydrogens (tertiary/aromatic N) is 4. The molecule has 1 heterocycles. The van der Waals surface area contributed by atoms with Gasteiger partial charge in [0.1, 0.15) is 0 Å². The van der Waals surface area contributed by atoms with Crippen LogP contribution in [0.25, 0.3) is 0 Å². The molecule has 1 aliphatic carbocycles. The topological polar surface area (TPSA) is 71.2 Å². The van der Waals surface area contributed by atoms with Gasteiger partial charge in [-0.15, -0.1) is 10.2 Å². The second-order valence-corrected chi connectivity index (χ2v) is 6.05. The van der Waals surface area contributed by atoms with Gasteiger partial charge in [-0.25, -0.2) is 0 Å². The summed E-state index contributed by atoms with van der Waals surface area (Å²) >= 11 is 1.25. The molecule has 1 fully saturated rings. The lowest BCUT2D eigenvalue weighted by Gasteiger charge is -2.28. The molecule has 1 unspecified atom stereocenters. The Morgan fingerprint density at radius 3 is 2.70 bits per heavy atom. The summed E-state index contributed by atoms with van der Waals surface area (Å²) in [5.74, 6) is 0.0914. The van der Waals surface area contributed by atoms with E-state index in [0.717, 1.165) is 36.9 Å². The molecule has 0 bridgehead atoms. The van der Waals surface area contributed by atoms with Crippen molar-refractivity contribution < 1.29 is 9.90 Å². The van der Waals surface area contributed by atoms with Crippen LogP contribution in [-0.4, -0.2) is 44.2 Å². The fraction of sp³-hybridized carbons (Fsp3) is 0.769. The average Bonchev–Trinajstić information content (AvgIpc) is 3.18. The number of aliphatic carboxylic acids is 1. The second kappa shape index (κ2) is 6.47. The van der Waals surface area contributed by atoms with Gasteiger partial charge in [-0.3, -0.25) is 9.36 Å². The van der Waals surface area contributed by atoms with Crippen molar-refractivity contribution >= 4 is 23.7 Å². The number of rotatable bonds is 8. The summed E-state index contributed by atoms with van der Waals surface area (Å²) < 4.78 is 2.13. The largest absolute Gasteiger partial charge is 0.481 e. The van der Waals surface area contributed by atoms with Crippen LogP contribution in [0.1, 0.15) is 46.1 Å². The van der Waals surface area contributed by atoms with Gasteiger partial charge in [0.2, 0.25) is 5.95 Å². The molecule has 1 aromatic heterocycles. The fourth-order valence-electron chi connectivity index (χ4n) is 2.21. The maximum atomic E-state index is 10.7. The molecule has 1 N–H and O–H groups in total. The molecule has 1 atom stereocenters. The van der Waals surface area contributed by atoms with Crippen molar-refractivity contribution in [3.05, 3.63) is 0 Å². The third kappa shape index (κ3) is 3.26. The van der Waals surface area contributed by atoms with Crippen molar-refractivity contribution in [2.24, 2.45) is 0 Å². The molecule has 1 saturated carbocycles. The molecule has 112 valence electrons. The number of anilines is 1. The first-order valence-corrected chi connectivity index (χ1v) is 8.13. The van der Waals surface area contributed by atoms with E-state index in [1.165, 1.54) is 11.8 Å². The molecule has 20 heavy (non-hydrogen) atoms. The van der Waals surface area contributed by atoms with E-state index in [9.17, 15) is 4.79 Å². The van der Waals surface area contributed by atoms with Gasteiger partial charge in [0.15, 0.2) is 5.16 Å². The van der Waals surface area contributed by atoms with Gasteiger partial charge in [0, 0.05) is 18.6 Å². The molecule has 6 nitrogen and oxygen atoms in total. The zero-order valence-corrected chi connectivity index (χ0v) is 13.1. The zero-order chi connectivity index (χ0) is 14.7. The highest BCUT2D eigenvalue weighted by atomic mass is 32.2. The summed E-state index contributed by atoms with van der Waals surface area (Å²) in [5.41, 5.74) is 0. The SMILES string of the molecule is CCC(C)N(CC)c1nnc(SCC(=O)O)n1C1CC1. The lowest BCUT2D eigenvalue weighted by atomic mass is 10.2. The van der Waals surface area contributed by atoms with Gasteiger partial charge in [-0.05, 0) is 33.1 Å². The summed E-state index contributed by atoms with van der Waals surface area (Å²) in [5, 5.41) is 18.1. The molecule has 7 heteroatoms. The average molecular weight is 298 g/mol. The van der Waals surface area contributed by atoms with Gasteiger partial charge in [-0.1, -0.05) is 18.7 Å². The van der Waals surface area contributed by atoms with Crippen molar-refractivity contribution in [1.82, 2.24) is 14.8 Å². The first-order valence-electron chi connectivity index (χ1n) is 7.14. The quantitative estimate of drug-likeness (QED) is 0.743. The predicted octanol–water partition coefficient (Wildman–Crippen LogP) is 2.41. The van der Waals surface area contributed by atoms with E-state index in [-0.39, 0.29) is 5.75 Å². The van der Waals surface area contributed by atoms with Gasteiger partial charge < -0.3 is 10.0 Å². The summed E-state index contributed by atoms with van der Waals surface area (Å²) in [7, 11) is 0. The number of hydrogen-bond donors (Lipinski definition) is 1. The van der Waals surface area contributed by atoms with E-state index in [2.05, 4.69) is 40.4 Å². The Labute approximate surface area is 123 Å². The Bertz CT molecular complexity index is 473. The highest BCUT2D eigenvalue weighted by Gasteiger charge is 2.32. The molecule has 0 aliphatic heterocycles. The Morgan fingerprint density at radius 1 is 1.50 bits per heavy atom. The van der Waals surface area contributed by atoms with Crippen LogP contribution in [0.2, 0.25) is 0 Å². The van der Waals surface area contributed by atoms with E-state index in [0.29, 0.717) is 12.1 Å². The number of aromatic nitrogens is 3. The van der Waals surface area contributed by atoms with Crippen LogP contribution < -0.4 is 4.90 Å². The lowest BCUT2D eigenvalue weighted by molar-refractivity contribution is -0.133. The molecule has 2 rings (SSSR count). The summed E-state index contributed by atoms with van der Waals surface area (Å²) in [6.45, 7) is 7.33. The van der Waals surface area contributed by atoms with E-state index >= 15 is 0 Å². The third-order valence-electron chi connectivity index (χ3n) is 3.60. The van der Waals surface area contributed by atoms with Crippen molar-refractivity contribution in [3.8, 4) is 0 Å². The van der Waals surface area contributed by atoms with Gasteiger partial charge in [-0.2, -0.15) is 0 Å². The normalized spacial score (nSPS) is 16.1. The van der Waals surface area contributed by atoms with Crippen LogP contribution in [0.3, 0.4) is 0 Å². The maximum absolute atomic E-state index is 10.7. The van der Waals surface area contributed by atoms with E-state index in [1.54, 1.807) is 0 Å². The molecular weight excluding hydrogens is 276 g/mol. The molecule has 1 aliphatic rings. The molecule has 0 spiro atoms. The summed E-state index contributed by atoms with van der Waals surface area (Å²) in [6.07, 6.45) is 3.30. The van der Waals surface area contributed by atoms with Gasteiger partial charge in [0.25, 0.3) is 0 Å². The maximum Gasteiger partial charge on any atom is 0.313 e. The number of carboxylic acid groups (broad SMARTS) is 1. The Kier molecular flexibility index (Phi) is 4.91. The summed E-state index contributed by atoms with van der Waals surface area (Å²) in [6, 6.07) is 0.841. The van der Waals surface area contributed by atoms with Crippen LogP contribution >= 0.6 is 11.8 Å². The first kappa shape index (κ1) is 15.2. The second-order valence-electron chi connectivity index (χ2n) is 5.11. The third-order valence-corrected chi connectivity index (χ3v) is 4.53. The monoisotopic (exact) mass is 298 g/mol. The van der Waals surface area contributed by atoms with Gasteiger partial charge in [0.05, 0.1) is 5.75 Å². The Balaban J connectivity index is 2.26. The summed E-state index contributed by atoms with van der Waals surface area (Å²) in [4.78, 5) is 13.0. The predicted molar refractivity (Wildman–Crippen MR) is 79.4 cm³/mol. The number of carboxylic acids is 1. The van der Waals surface area contributed by atoms with Crippen LogP contribution in [0.5, 0.6) is 0 Å². The smallest absolute Gasteiger partial charge is 0.313 e. The van der Waals surface area contributed by atoms with Crippen LogP contribution in [-0.2, 0) is 4.79 Å². The molecule has 0 radical (unpaired) electrons. The van der Waals surface area contributed by atoms with Crippen LogP contribution in [0, 0.1) is 0 Å². The van der Waals surface area contributed by atoms with E-state index in [1.807, 2.05) is 0 Å². The van der Waals surface area contributed by atoms with Crippen molar-refractivity contribution in [2.45, 2.75) is 57.3 Å². The fourth-order valence-corrected chi connectivity index (χ4v) is 2.93. The number of carbonyl (C=O) groups is 1. The molecular formula is C13H22N4O2S. The van der Waals surface area contributed by atoms with Crippen LogP contribution in [0.4, 0.5) is 5.95 Å². The Morgan fingerprint density at radius 2 is 2.20 bits per heavy atom. The standard InChI is InChI=1S/C13H22N4O2S/c1-4-9(3)16(5-2)12-14-15-13(20-8-11(18)19)17(12)10-6-7-10/h9-10H,4-8H2,1-3H3,(H,18,19). The van der Waals surface area contributed by atoms with Crippen LogP contribution in [0.15, 0.2) is 5.16 Å². The lowest BCUT2D eigenvalue weighted by Crippen LogP contribution is -2.34. The number of thioether (sulfide) groups is 1. The van der Waals surface area contributed by atoms with Gasteiger partial charge >= 0.3 is 5.97 Å². The minimum Gasteiger partial charge on any atom is -0.481 e. The highest BCUT2D eigenvalue weighted by Crippen LogP contribution is 2.41. The Hall–Kier alpha value is -1.24. The van der Waals surface area contributed by atoms with Crippen molar-refractivity contribution in [3.63, 3.8) is 0 Å². The van der Waals surface area contributed by atoms with E-state index in [4.69, 9.17) is 5.11 Å². The highest BCUT2D eigenvalue weighted by molar-refractivity contribution is 7.99.